The third kappa shape index (κ3) is 7.06. The third-order valence-corrected chi connectivity index (χ3v) is 2.92. The van der Waals surface area contributed by atoms with Crippen molar-refractivity contribution in [1.82, 2.24) is 15.2 Å². The van der Waals surface area contributed by atoms with E-state index in [-0.39, 0.29) is 5.91 Å². The quantitative estimate of drug-likeness (QED) is 0.633. The molecule has 0 bridgehead atoms. The molecule has 0 radical (unpaired) electrons. The van der Waals surface area contributed by atoms with Crippen LogP contribution in [0.4, 0.5) is 5.82 Å². The van der Waals surface area contributed by atoms with Gasteiger partial charge < -0.3 is 15.4 Å². The maximum absolute atomic E-state index is 11.7. The molecule has 1 rings (SSSR count). The van der Waals surface area contributed by atoms with Crippen LogP contribution >= 0.6 is 0 Å². The van der Waals surface area contributed by atoms with Crippen molar-refractivity contribution in [2.75, 3.05) is 45.7 Å². The fourth-order valence-corrected chi connectivity index (χ4v) is 1.91. The Labute approximate surface area is 126 Å². The standard InChI is InChI=1S/C15H26N4O2/c1-4-7-17-15-13(6-5-8-18-15)11-19(2)12-14(20)16-9-10-21-3/h5-6,8H,4,7,9-12H2,1-3H3,(H,16,20)(H,17,18). The van der Waals surface area contributed by atoms with Crippen LogP contribution in [0.15, 0.2) is 18.3 Å². The number of pyridine rings is 1. The zero-order valence-electron chi connectivity index (χ0n) is 13.2. The van der Waals surface area contributed by atoms with Crippen molar-refractivity contribution in [3.8, 4) is 0 Å². The number of nitrogens with zero attached hydrogens (tertiary/aromatic N) is 2. The summed E-state index contributed by atoms with van der Waals surface area (Å²) in [5, 5.41) is 6.12. The van der Waals surface area contributed by atoms with Crippen LogP contribution in [0.3, 0.4) is 0 Å². The Balaban J connectivity index is 2.46. The van der Waals surface area contributed by atoms with Gasteiger partial charge in [0.2, 0.25) is 5.91 Å². The van der Waals surface area contributed by atoms with Crippen molar-refractivity contribution in [3.63, 3.8) is 0 Å². The average molecular weight is 294 g/mol. The molecule has 0 aromatic carbocycles. The molecule has 118 valence electrons. The number of anilines is 1. The van der Waals surface area contributed by atoms with Gasteiger partial charge in [0, 0.05) is 38.5 Å². The first-order valence-corrected chi connectivity index (χ1v) is 7.29. The predicted molar refractivity (Wildman–Crippen MR) is 84.2 cm³/mol. The fraction of sp³-hybridized carbons (Fsp3) is 0.600. The molecule has 0 saturated carbocycles. The zero-order valence-corrected chi connectivity index (χ0v) is 13.2. The number of methoxy groups -OCH3 is 1. The van der Waals surface area contributed by atoms with E-state index >= 15 is 0 Å². The number of hydrogen-bond acceptors (Lipinski definition) is 5. The van der Waals surface area contributed by atoms with Crippen LogP contribution < -0.4 is 10.6 Å². The van der Waals surface area contributed by atoms with Crippen LogP contribution in [0, 0.1) is 0 Å². The Morgan fingerprint density at radius 2 is 2.24 bits per heavy atom. The summed E-state index contributed by atoms with van der Waals surface area (Å²) >= 11 is 0. The van der Waals surface area contributed by atoms with Crippen LogP contribution in [0.25, 0.3) is 0 Å². The van der Waals surface area contributed by atoms with Crippen molar-refractivity contribution < 1.29 is 9.53 Å². The van der Waals surface area contributed by atoms with E-state index in [1.165, 1.54) is 0 Å². The molecular weight excluding hydrogens is 268 g/mol. The zero-order chi connectivity index (χ0) is 15.5. The van der Waals surface area contributed by atoms with Crippen molar-refractivity contribution in [3.05, 3.63) is 23.9 Å². The molecule has 21 heavy (non-hydrogen) atoms. The van der Waals surface area contributed by atoms with E-state index in [9.17, 15) is 4.79 Å². The molecule has 1 aromatic rings. The molecule has 6 nitrogen and oxygen atoms in total. The summed E-state index contributed by atoms with van der Waals surface area (Å²) in [6.07, 6.45) is 2.83. The van der Waals surface area contributed by atoms with Crippen molar-refractivity contribution in [2.45, 2.75) is 19.9 Å². The molecule has 0 atom stereocenters. The van der Waals surface area contributed by atoms with Gasteiger partial charge in [-0.05, 0) is 19.5 Å². The van der Waals surface area contributed by atoms with E-state index in [1.54, 1.807) is 13.3 Å². The van der Waals surface area contributed by atoms with Gasteiger partial charge in [-0.2, -0.15) is 0 Å². The third-order valence-electron chi connectivity index (χ3n) is 2.92. The lowest BCUT2D eigenvalue weighted by molar-refractivity contribution is -0.122. The molecule has 2 N–H and O–H groups in total. The van der Waals surface area contributed by atoms with Gasteiger partial charge in [-0.3, -0.25) is 9.69 Å². The number of amides is 1. The van der Waals surface area contributed by atoms with Crippen LogP contribution in [0.2, 0.25) is 0 Å². The number of hydrogen-bond donors (Lipinski definition) is 2. The van der Waals surface area contributed by atoms with Gasteiger partial charge >= 0.3 is 0 Å². The van der Waals surface area contributed by atoms with Crippen molar-refractivity contribution >= 4 is 11.7 Å². The molecule has 0 aliphatic heterocycles. The minimum Gasteiger partial charge on any atom is -0.383 e. The summed E-state index contributed by atoms with van der Waals surface area (Å²) in [4.78, 5) is 18.1. The molecule has 0 aliphatic carbocycles. The van der Waals surface area contributed by atoms with Gasteiger partial charge in [0.05, 0.1) is 13.2 Å². The highest BCUT2D eigenvalue weighted by Gasteiger charge is 2.09. The Morgan fingerprint density at radius 3 is 2.95 bits per heavy atom. The van der Waals surface area contributed by atoms with Crippen LogP contribution in [-0.4, -0.2) is 56.2 Å². The number of ether oxygens (including phenoxy) is 1. The highest BCUT2D eigenvalue weighted by atomic mass is 16.5. The van der Waals surface area contributed by atoms with Crippen LogP contribution in [0.5, 0.6) is 0 Å². The minimum atomic E-state index is 0.00140. The summed E-state index contributed by atoms with van der Waals surface area (Å²) in [5.41, 5.74) is 1.10. The summed E-state index contributed by atoms with van der Waals surface area (Å²) in [5.74, 6) is 0.896. The molecule has 1 amide bonds. The summed E-state index contributed by atoms with van der Waals surface area (Å²) in [6.45, 7) is 5.11. The first-order valence-electron chi connectivity index (χ1n) is 7.29. The first-order chi connectivity index (χ1) is 10.2. The molecule has 0 saturated heterocycles. The molecule has 0 aliphatic rings. The highest BCUT2D eigenvalue weighted by molar-refractivity contribution is 5.77. The van der Waals surface area contributed by atoms with E-state index < -0.39 is 0 Å². The van der Waals surface area contributed by atoms with Gasteiger partial charge in [0.25, 0.3) is 0 Å². The second kappa shape index (κ2) is 10.1. The van der Waals surface area contributed by atoms with E-state index in [4.69, 9.17) is 4.74 Å². The molecule has 0 fully saturated rings. The molecular formula is C15H26N4O2. The Kier molecular flexibility index (Phi) is 8.38. The normalized spacial score (nSPS) is 10.7. The average Bonchev–Trinajstić information content (AvgIpc) is 2.46. The highest BCUT2D eigenvalue weighted by Crippen LogP contribution is 2.13. The number of rotatable bonds is 10. The van der Waals surface area contributed by atoms with Gasteiger partial charge in [0.15, 0.2) is 0 Å². The summed E-state index contributed by atoms with van der Waals surface area (Å²) < 4.78 is 4.90. The van der Waals surface area contributed by atoms with Crippen LogP contribution in [0.1, 0.15) is 18.9 Å². The SMILES string of the molecule is CCCNc1ncccc1CN(C)CC(=O)NCCOC. The summed E-state index contributed by atoms with van der Waals surface area (Å²) in [6, 6.07) is 3.95. The lowest BCUT2D eigenvalue weighted by Gasteiger charge is -2.18. The maximum Gasteiger partial charge on any atom is 0.234 e. The second-order valence-corrected chi connectivity index (χ2v) is 4.95. The van der Waals surface area contributed by atoms with Gasteiger partial charge in [0.1, 0.15) is 5.82 Å². The topological polar surface area (TPSA) is 66.5 Å². The molecule has 6 heteroatoms. The maximum atomic E-state index is 11.7. The Bertz CT molecular complexity index is 426. The first kappa shape index (κ1) is 17.4. The fourth-order valence-electron chi connectivity index (χ4n) is 1.91. The summed E-state index contributed by atoms with van der Waals surface area (Å²) in [7, 11) is 3.54. The van der Waals surface area contributed by atoms with Gasteiger partial charge in [-0.1, -0.05) is 13.0 Å². The van der Waals surface area contributed by atoms with E-state index in [0.717, 1.165) is 24.3 Å². The predicted octanol–water partition coefficient (Wildman–Crippen LogP) is 1.10. The van der Waals surface area contributed by atoms with E-state index in [0.29, 0.717) is 26.2 Å². The second-order valence-electron chi connectivity index (χ2n) is 4.95. The number of carbonyl (C=O) groups excluding carboxylic acids is 1. The number of aromatic nitrogens is 1. The molecule has 0 spiro atoms. The largest absolute Gasteiger partial charge is 0.383 e. The van der Waals surface area contributed by atoms with Crippen molar-refractivity contribution in [1.29, 1.82) is 0 Å². The molecule has 1 aromatic heterocycles. The smallest absolute Gasteiger partial charge is 0.234 e. The van der Waals surface area contributed by atoms with E-state index in [1.807, 2.05) is 24.1 Å². The lowest BCUT2D eigenvalue weighted by Crippen LogP contribution is -2.36. The Hall–Kier alpha value is -1.66. The lowest BCUT2D eigenvalue weighted by atomic mass is 10.2. The van der Waals surface area contributed by atoms with E-state index in [2.05, 4.69) is 22.5 Å². The molecule has 1 heterocycles. The van der Waals surface area contributed by atoms with Gasteiger partial charge in [-0.15, -0.1) is 0 Å². The number of carbonyl (C=O) groups is 1. The monoisotopic (exact) mass is 294 g/mol. The van der Waals surface area contributed by atoms with Gasteiger partial charge in [-0.25, -0.2) is 4.98 Å². The minimum absolute atomic E-state index is 0.00140. The Morgan fingerprint density at radius 1 is 1.43 bits per heavy atom. The number of likely N-dealkylation sites (N-methyl/N-ethyl adjacent to an activating group) is 1. The van der Waals surface area contributed by atoms with Crippen molar-refractivity contribution in [2.24, 2.45) is 0 Å². The number of nitrogens with one attached hydrogen (secondary N) is 2. The van der Waals surface area contributed by atoms with Crippen LogP contribution in [-0.2, 0) is 16.1 Å². The molecule has 0 unspecified atom stereocenters.